The summed E-state index contributed by atoms with van der Waals surface area (Å²) < 4.78 is 0. The van der Waals surface area contributed by atoms with Crippen LogP contribution in [0.15, 0.2) is 0 Å². The van der Waals surface area contributed by atoms with E-state index in [0.29, 0.717) is 0 Å². The van der Waals surface area contributed by atoms with Crippen LogP contribution in [-0.4, -0.2) is 37.6 Å². The van der Waals surface area contributed by atoms with Gasteiger partial charge >= 0.3 is 0 Å². The quantitative estimate of drug-likeness (QED) is 0.578. The van der Waals surface area contributed by atoms with Gasteiger partial charge in [-0.3, -0.25) is 0 Å². The third-order valence-electron chi connectivity index (χ3n) is 2.57. The van der Waals surface area contributed by atoms with Crippen molar-refractivity contribution >= 4 is 0 Å². The van der Waals surface area contributed by atoms with E-state index in [1.54, 1.807) is 0 Å². The van der Waals surface area contributed by atoms with Gasteiger partial charge in [0.1, 0.15) is 0 Å². The maximum absolute atomic E-state index is 3.39. The van der Waals surface area contributed by atoms with Crippen LogP contribution in [0.2, 0.25) is 0 Å². The van der Waals surface area contributed by atoms with Crippen LogP contribution >= 0.6 is 0 Å². The molecule has 16 heavy (non-hydrogen) atoms. The first kappa shape index (κ1) is 15.9. The Kier molecular flexibility index (Phi) is 10.0. The van der Waals surface area contributed by atoms with Gasteiger partial charge in [-0.05, 0) is 44.3 Å². The second kappa shape index (κ2) is 10.1. The number of nitrogens with one attached hydrogen (secondary N) is 1. The number of unbranched alkanes of at least 4 members (excludes halogenated alkanes) is 1. The molecule has 0 unspecified atom stereocenters. The van der Waals surface area contributed by atoms with Gasteiger partial charge in [-0.1, -0.05) is 34.6 Å². The monoisotopic (exact) mass is 228 g/mol. The van der Waals surface area contributed by atoms with Gasteiger partial charge in [-0.25, -0.2) is 0 Å². The smallest absolute Gasteiger partial charge is 0.000449 e. The molecule has 0 aliphatic carbocycles. The van der Waals surface area contributed by atoms with Crippen molar-refractivity contribution in [3.05, 3.63) is 0 Å². The fraction of sp³-hybridized carbons (Fsp3) is 1.00. The van der Waals surface area contributed by atoms with Gasteiger partial charge in [0.25, 0.3) is 0 Å². The molecule has 0 aromatic rings. The van der Waals surface area contributed by atoms with Gasteiger partial charge in [-0.2, -0.15) is 0 Å². The third kappa shape index (κ3) is 10.4. The average molecular weight is 228 g/mol. The Hall–Kier alpha value is -0.0800. The van der Waals surface area contributed by atoms with Crippen molar-refractivity contribution in [1.82, 2.24) is 10.2 Å². The van der Waals surface area contributed by atoms with E-state index in [0.717, 1.165) is 18.4 Å². The molecule has 0 heterocycles. The van der Waals surface area contributed by atoms with Crippen molar-refractivity contribution in [2.24, 2.45) is 11.8 Å². The summed E-state index contributed by atoms with van der Waals surface area (Å²) in [5, 5.41) is 3.39. The van der Waals surface area contributed by atoms with Crippen LogP contribution in [0.3, 0.4) is 0 Å². The predicted molar refractivity (Wildman–Crippen MR) is 73.9 cm³/mol. The highest BCUT2D eigenvalue weighted by atomic mass is 15.1. The Morgan fingerprint density at radius 3 is 1.94 bits per heavy atom. The van der Waals surface area contributed by atoms with Crippen molar-refractivity contribution in [3.63, 3.8) is 0 Å². The van der Waals surface area contributed by atoms with E-state index in [9.17, 15) is 0 Å². The van der Waals surface area contributed by atoms with E-state index in [1.807, 2.05) is 0 Å². The molecule has 0 atom stereocenters. The highest BCUT2D eigenvalue weighted by Gasteiger charge is 2.08. The Morgan fingerprint density at radius 2 is 1.50 bits per heavy atom. The van der Waals surface area contributed by atoms with Crippen molar-refractivity contribution in [2.45, 2.75) is 47.5 Å². The zero-order valence-corrected chi connectivity index (χ0v) is 12.1. The van der Waals surface area contributed by atoms with Crippen LogP contribution in [0.5, 0.6) is 0 Å². The van der Waals surface area contributed by atoms with Gasteiger partial charge < -0.3 is 10.2 Å². The molecule has 0 saturated heterocycles. The minimum Gasteiger partial charge on any atom is -0.317 e. The second-order valence-electron chi connectivity index (χ2n) is 5.61. The molecule has 0 aliphatic heterocycles. The fourth-order valence-corrected chi connectivity index (χ4v) is 2.05. The number of rotatable bonds is 10. The zero-order valence-electron chi connectivity index (χ0n) is 12.1. The highest BCUT2D eigenvalue weighted by molar-refractivity contribution is 4.63. The maximum atomic E-state index is 3.39. The summed E-state index contributed by atoms with van der Waals surface area (Å²) in [6, 6.07) is 0. The Balaban J connectivity index is 3.65. The fourth-order valence-electron chi connectivity index (χ4n) is 2.05. The molecule has 2 nitrogen and oxygen atoms in total. The topological polar surface area (TPSA) is 15.3 Å². The molecular formula is C14H32N2. The number of hydrogen-bond acceptors (Lipinski definition) is 2. The molecule has 0 saturated carbocycles. The summed E-state index contributed by atoms with van der Waals surface area (Å²) in [5.74, 6) is 1.57. The van der Waals surface area contributed by atoms with Gasteiger partial charge in [-0.15, -0.1) is 0 Å². The Bertz CT molecular complexity index is 134. The van der Waals surface area contributed by atoms with Crippen molar-refractivity contribution in [1.29, 1.82) is 0 Å². The summed E-state index contributed by atoms with van der Waals surface area (Å²) >= 11 is 0. The lowest BCUT2D eigenvalue weighted by molar-refractivity contribution is 0.215. The summed E-state index contributed by atoms with van der Waals surface area (Å²) in [5.41, 5.74) is 0. The lowest BCUT2D eigenvalue weighted by Crippen LogP contribution is -2.32. The van der Waals surface area contributed by atoms with Gasteiger partial charge in [0.2, 0.25) is 0 Å². The maximum Gasteiger partial charge on any atom is 0.000449 e. The highest BCUT2D eigenvalue weighted by Crippen LogP contribution is 2.05. The second-order valence-corrected chi connectivity index (χ2v) is 5.61. The first-order valence-electron chi connectivity index (χ1n) is 6.99. The van der Waals surface area contributed by atoms with Gasteiger partial charge in [0, 0.05) is 13.1 Å². The summed E-state index contributed by atoms with van der Waals surface area (Å²) in [4.78, 5) is 2.63. The molecule has 0 spiro atoms. The minimum atomic E-state index is 0.785. The lowest BCUT2D eigenvalue weighted by atomic mass is 10.1. The van der Waals surface area contributed by atoms with Crippen LogP contribution in [0.4, 0.5) is 0 Å². The molecule has 98 valence electrons. The van der Waals surface area contributed by atoms with E-state index < -0.39 is 0 Å². The molecule has 0 aromatic heterocycles. The van der Waals surface area contributed by atoms with E-state index in [-0.39, 0.29) is 0 Å². The molecule has 0 fully saturated rings. The molecular weight excluding hydrogens is 196 g/mol. The zero-order chi connectivity index (χ0) is 12.4. The van der Waals surface area contributed by atoms with Crippen molar-refractivity contribution in [3.8, 4) is 0 Å². The van der Waals surface area contributed by atoms with Gasteiger partial charge in [0.15, 0.2) is 0 Å². The van der Waals surface area contributed by atoms with Crippen molar-refractivity contribution < 1.29 is 0 Å². The van der Waals surface area contributed by atoms with Crippen LogP contribution in [0, 0.1) is 11.8 Å². The molecule has 2 heteroatoms. The third-order valence-corrected chi connectivity index (χ3v) is 2.57. The largest absolute Gasteiger partial charge is 0.317 e. The standard InChI is InChI=1S/C14H32N2/c1-6-15-9-7-8-10-16(11-13(2)3)12-14(4)5/h13-15H,6-12H2,1-5H3. The number of nitrogens with zero attached hydrogens (tertiary/aromatic N) is 1. The number of hydrogen-bond donors (Lipinski definition) is 1. The molecule has 0 amide bonds. The molecule has 0 aliphatic rings. The molecule has 1 N–H and O–H groups in total. The average Bonchev–Trinajstić information content (AvgIpc) is 2.15. The predicted octanol–water partition coefficient (Wildman–Crippen LogP) is 2.99. The normalized spacial score (nSPS) is 12.0. The molecule has 0 aromatic carbocycles. The van der Waals surface area contributed by atoms with Crippen LogP contribution < -0.4 is 5.32 Å². The minimum absolute atomic E-state index is 0.785. The Morgan fingerprint density at radius 1 is 0.938 bits per heavy atom. The SMILES string of the molecule is CCNCCCCN(CC(C)C)CC(C)C. The molecule has 0 radical (unpaired) electrons. The summed E-state index contributed by atoms with van der Waals surface area (Å²) in [7, 11) is 0. The first-order chi connectivity index (χ1) is 7.56. The van der Waals surface area contributed by atoms with Gasteiger partial charge in [0.05, 0.1) is 0 Å². The summed E-state index contributed by atoms with van der Waals surface area (Å²) in [6.45, 7) is 17.5. The van der Waals surface area contributed by atoms with E-state index >= 15 is 0 Å². The van der Waals surface area contributed by atoms with E-state index in [2.05, 4.69) is 44.8 Å². The first-order valence-corrected chi connectivity index (χ1v) is 6.99. The molecule has 0 bridgehead atoms. The van der Waals surface area contributed by atoms with Crippen LogP contribution in [-0.2, 0) is 0 Å². The van der Waals surface area contributed by atoms with E-state index in [1.165, 1.54) is 39.0 Å². The Labute approximate surface area is 103 Å². The molecule has 0 rings (SSSR count). The lowest BCUT2D eigenvalue weighted by Gasteiger charge is -2.26. The van der Waals surface area contributed by atoms with Crippen LogP contribution in [0.1, 0.15) is 47.5 Å². The van der Waals surface area contributed by atoms with Crippen molar-refractivity contribution in [2.75, 3.05) is 32.7 Å². The van der Waals surface area contributed by atoms with E-state index in [4.69, 9.17) is 0 Å². The summed E-state index contributed by atoms with van der Waals surface area (Å²) in [6.07, 6.45) is 2.63. The van der Waals surface area contributed by atoms with Crippen LogP contribution in [0.25, 0.3) is 0 Å².